The lowest BCUT2D eigenvalue weighted by molar-refractivity contribution is -0.267. The van der Waals surface area contributed by atoms with Crippen molar-refractivity contribution in [2.75, 3.05) is 12.3 Å². The Balaban J connectivity index is 1.35. The molecule has 0 saturated carbocycles. The minimum atomic E-state index is -1.42. The van der Waals surface area contributed by atoms with Crippen molar-refractivity contribution in [3.05, 3.63) is 77.9 Å². The highest BCUT2D eigenvalue weighted by molar-refractivity contribution is 5.93. The molecule has 18 heteroatoms. The lowest BCUT2D eigenvalue weighted by Gasteiger charge is -2.56. The van der Waals surface area contributed by atoms with E-state index in [1.165, 1.54) is 18.0 Å². The summed E-state index contributed by atoms with van der Waals surface area (Å²) in [5.41, 5.74) is 10.00. The molecule has 434 valence electrons. The number of rotatable bonds is 15. The molecule has 3 fully saturated rings. The third kappa shape index (κ3) is 16.7. The molecule has 4 amide bonds. The van der Waals surface area contributed by atoms with E-state index in [0.717, 1.165) is 12.0 Å². The van der Waals surface area contributed by atoms with Gasteiger partial charge in [-0.15, -0.1) is 0 Å². The predicted molar refractivity (Wildman–Crippen MR) is 298 cm³/mol. The summed E-state index contributed by atoms with van der Waals surface area (Å²) >= 11 is 0. The number of anilines is 1. The number of nitrogens with zero attached hydrogens (tertiary/aromatic N) is 1. The van der Waals surface area contributed by atoms with Crippen LogP contribution in [0.4, 0.5) is 5.69 Å². The van der Waals surface area contributed by atoms with Crippen molar-refractivity contribution in [2.45, 2.75) is 200 Å². The van der Waals surface area contributed by atoms with Gasteiger partial charge in [-0.3, -0.25) is 29.0 Å². The fourth-order valence-corrected chi connectivity index (χ4v) is 11.4. The van der Waals surface area contributed by atoms with Crippen molar-refractivity contribution in [1.29, 1.82) is 0 Å². The van der Waals surface area contributed by atoms with Crippen LogP contribution in [0.2, 0.25) is 0 Å². The number of amides is 4. The van der Waals surface area contributed by atoms with Crippen LogP contribution < -0.4 is 27.1 Å². The van der Waals surface area contributed by atoms with Gasteiger partial charge in [-0.05, 0) is 93.9 Å². The van der Waals surface area contributed by atoms with Gasteiger partial charge in [0.2, 0.25) is 17.7 Å². The summed E-state index contributed by atoms with van der Waals surface area (Å²) < 4.78 is 12.9. The van der Waals surface area contributed by atoms with Gasteiger partial charge >= 0.3 is 5.97 Å². The first-order chi connectivity index (χ1) is 36.9. The number of hydrogen-bond donors (Lipinski definition) is 9. The van der Waals surface area contributed by atoms with Crippen molar-refractivity contribution >= 4 is 41.1 Å². The number of aliphatic hydroxyl groups is 4. The Kier molecular flexibility index (Phi) is 23.9. The Morgan fingerprint density at radius 3 is 2.37 bits per heavy atom. The topological polar surface area (TPSA) is 279 Å². The SMILES string of the molecule is CC[C@H]1C[C@H](C)[C@@]2(NC1=O)O[C@@H](C[C@H](O)[C@@H](C)CC/C=C/C=C(\C)[C@@H]1C/C=C/C=C/[C@H](O)[C@H](C)[C@@H](O)[C@@H](CCC(C)=O)C(=O)N[C@@H](C(C)C)C(=O)N[C@@H](Cc3cccc(N)c3)C(=O)N3CCCC(N3)C(=O)O1)[C@H](C)[C@H](O)[C@@H]2C. The molecular formula is C60H92N6O12. The average molecular weight is 1090 g/mol. The van der Waals surface area contributed by atoms with Gasteiger partial charge in [-0.2, -0.15) is 0 Å². The van der Waals surface area contributed by atoms with Gasteiger partial charge in [0.1, 0.15) is 35.7 Å². The molecule has 10 N–H and O–H groups in total. The van der Waals surface area contributed by atoms with Crippen molar-refractivity contribution in [2.24, 2.45) is 47.3 Å². The fraction of sp³-hybridized carbons (Fsp3) is 0.667. The van der Waals surface area contributed by atoms with Gasteiger partial charge < -0.3 is 56.4 Å². The van der Waals surface area contributed by atoms with Crippen molar-refractivity contribution in [3.8, 4) is 0 Å². The summed E-state index contributed by atoms with van der Waals surface area (Å²) in [5, 5.41) is 55.9. The second-order valence-corrected chi connectivity index (χ2v) is 23.2. The fourth-order valence-electron chi connectivity index (χ4n) is 11.4. The lowest BCUT2D eigenvalue weighted by atomic mass is 9.69. The Bertz CT molecular complexity index is 2340. The molecule has 17 atom stereocenters. The first kappa shape index (κ1) is 63.6. The molecule has 1 unspecified atom stereocenters. The molecule has 0 radical (unpaired) electrons. The summed E-state index contributed by atoms with van der Waals surface area (Å²) in [4.78, 5) is 82.3. The minimum Gasteiger partial charge on any atom is -0.456 e. The third-order valence-electron chi connectivity index (χ3n) is 16.9. The van der Waals surface area contributed by atoms with Crippen LogP contribution in [0.5, 0.6) is 0 Å². The number of hydrazine groups is 1. The molecule has 1 spiro atoms. The van der Waals surface area contributed by atoms with Crippen LogP contribution in [0.1, 0.15) is 139 Å². The highest BCUT2D eigenvalue weighted by Crippen LogP contribution is 2.46. The van der Waals surface area contributed by atoms with Crippen LogP contribution in [-0.2, 0) is 44.7 Å². The molecule has 0 aromatic heterocycles. The van der Waals surface area contributed by atoms with Crippen LogP contribution in [0, 0.1) is 47.3 Å². The van der Waals surface area contributed by atoms with Crippen LogP contribution in [-0.4, -0.2) is 128 Å². The lowest BCUT2D eigenvalue weighted by Crippen LogP contribution is -2.71. The van der Waals surface area contributed by atoms with E-state index >= 15 is 0 Å². The molecule has 4 heterocycles. The summed E-state index contributed by atoms with van der Waals surface area (Å²) in [6.07, 6.45) is 10.9. The number of aliphatic hydroxyl groups excluding tert-OH is 4. The van der Waals surface area contributed by atoms with E-state index in [-0.39, 0.29) is 73.5 Å². The number of nitrogens with one attached hydrogen (secondary N) is 4. The maximum Gasteiger partial charge on any atom is 0.325 e. The number of carbonyl (C=O) groups is 6. The van der Waals surface area contributed by atoms with Gasteiger partial charge in [0.25, 0.3) is 5.91 Å². The van der Waals surface area contributed by atoms with E-state index in [1.54, 1.807) is 63.3 Å². The second kappa shape index (κ2) is 29.3. The smallest absolute Gasteiger partial charge is 0.325 e. The summed E-state index contributed by atoms with van der Waals surface area (Å²) in [6, 6.07) is 3.65. The molecule has 5 rings (SSSR count). The number of piperidine rings is 1. The first-order valence-corrected chi connectivity index (χ1v) is 28.5. The van der Waals surface area contributed by atoms with Crippen molar-refractivity contribution in [3.63, 3.8) is 0 Å². The van der Waals surface area contributed by atoms with Crippen LogP contribution in [0.3, 0.4) is 0 Å². The number of allylic oxidation sites excluding steroid dienone is 5. The highest BCUT2D eigenvalue weighted by Gasteiger charge is 2.57. The van der Waals surface area contributed by atoms with E-state index in [2.05, 4.69) is 28.3 Å². The number of hydrogen-bond acceptors (Lipinski definition) is 14. The average Bonchev–Trinajstić information content (AvgIpc) is 3.51. The number of nitrogens with two attached hydrogens (primary N) is 1. The normalized spacial score (nSPS) is 34.9. The van der Waals surface area contributed by atoms with Crippen LogP contribution >= 0.6 is 0 Å². The van der Waals surface area contributed by atoms with E-state index < -0.39 is 102 Å². The predicted octanol–water partition coefficient (Wildman–Crippen LogP) is 5.28. The molecule has 4 aliphatic rings. The van der Waals surface area contributed by atoms with Crippen molar-refractivity contribution < 1.29 is 58.7 Å². The molecule has 0 aliphatic carbocycles. The van der Waals surface area contributed by atoms with Gasteiger partial charge in [-0.1, -0.05) is 110 Å². The Labute approximate surface area is 462 Å². The van der Waals surface area contributed by atoms with Gasteiger partial charge in [0, 0.05) is 67.5 Å². The third-order valence-corrected chi connectivity index (χ3v) is 16.9. The molecule has 4 aliphatic heterocycles. The number of fused-ring (bicyclic) bond motifs is 2. The molecule has 78 heavy (non-hydrogen) atoms. The monoisotopic (exact) mass is 1090 g/mol. The van der Waals surface area contributed by atoms with Gasteiger partial charge in [-0.25, -0.2) is 5.43 Å². The Morgan fingerprint density at radius 1 is 0.962 bits per heavy atom. The van der Waals surface area contributed by atoms with Gasteiger partial charge in [0.15, 0.2) is 0 Å². The van der Waals surface area contributed by atoms with E-state index in [1.807, 2.05) is 52.8 Å². The quantitative estimate of drug-likeness (QED) is 0.0614. The Hall–Kier alpha value is -5.24. The number of cyclic esters (lactones) is 1. The molecule has 18 nitrogen and oxygen atoms in total. The number of benzene rings is 1. The van der Waals surface area contributed by atoms with Gasteiger partial charge in [0.05, 0.1) is 36.4 Å². The number of ketones is 1. The minimum absolute atomic E-state index is 0.0225. The second-order valence-electron chi connectivity index (χ2n) is 23.2. The number of ether oxygens (including phenoxy) is 2. The standard InChI is InChI=1S/C60H92N6O12/c1-11-43-30-37(6)60(64-55(43)72)41(10)53(70)40(9)51(78-60)33-49(69)35(4)20-14-12-15-21-36(5)50-26-17-13-16-25-48(68)39(8)54(71)45(28-27-38(7)67)56(73)63-52(34(2)3)57(74)62-47(32-42-22-18-23-44(61)31-42)58(75)66-29-19-24-46(65-66)59(76)77-50/h12-13,15-18,21-23,25,31,34-35,37,39-41,43,45-54,65,68-71H,11,14,19-20,24,26-30,32-33,61H2,1-10H3,(H,62,74)(H,63,73)(H,64,72)/b15-12+,17-13+,25-16+,36-21+/t35-,37-,39-,40-,41-,43-,45+,46?,47-,48-,49-,50-,51-,52-,53-,54+,60+/m0/s1. The summed E-state index contributed by atoms with van der Waals surface area (Å²) in [5.74, 6) is -6.10. The zero-order valence-corrected chi connectivity index (χ0v) is 47.7. The largest absolute Gasteiger partial charge is 0.456 e. The molecular weight excluding hydrogens is 997 g/mol. The van der Waals surface area contributed by atoms with E-state index in [9.17, 15) is 49.2 Å². The Morgan fingerprint density at radius 2 is 1.69 bits per heavy atom. The maximum absolute atomic E-state index is 14.6. The molecule has 3 saturated heterocycles. The number of esters is 1. The molecule has 1 aromatic rings. The zero-order chi connectivity index (χ0) is 57.6. The van der Waals surface area contributed by atoms with E-state index in [0.29, 0.717) is 49.8 Å². The molecule has 2 bridgehead atoms. The van der Waals surface area contributed by atoms with Crippen molar-refractivity contribution in [1.82, 2.24) is 26.4 Å². The van der Waals surface area contributed by atoms with E-state index in [4.69, 9.17) is 15.2 Å². The highest BCUT2D eigenvalue weighted by atomic mass is 16.5. The summed E-state index contributed by atoms with van der Waals surface area (Å²) in [7, 11) is 0. The maximum atomic E-state index is 14.6. The van der Waals surface area contributed by atoms with Crippen LogP contribution in [0.15, 0.2) is 72.4 Å². The zero-order valence-electron chi connectivity index (χ0n) is 47.7. The molecule has 1 aromatic carbocycles. The number of carbonyl (C=O) groups excluding carboxylic acids is 6. The van der Waals surface area contributed by atoms with Crippen LogP contribution in [0.25, 0.3) is 0 Å². The number of nitrogen functional groups attached to an aromatic ring is 1. The number of Topliss-reactive ketones (excluding diaryl/α,β-unsaturated/α-hetero) is 1. The summed E-state index contributed by atoms with van der Waals surface area (Å²) in [6.45, 7) is 18.4. The first-order valence-electron chi connectivity index (χ1n) is 28.5.